The molecule has 0 radical (unpaired) electrons. The Kier molecular flexibility index (Phi) is 3.42. The molecule has 2 aromatic rings. The Labute approximate surface area is 144 Å². The molecular weight excluding hydrogens is 328 g/mol. The Bertz CT molecular complexity index is 863. The van der Waals surface area contributed by atoms with Crippen molar-refractivity contribution >= 4 is 23.1 Å². The van der Waals surface area contributed by atoms with Gasteiger partial charge < -0.3 is 9.84 Å². The first-order valence-corrected chi connectivity index (χ1v) is 8.37. The van der Waals surface area contributed by atoms with Crippen molar-refractivity contribution in [2.24, 2.45) is 0 Å². The van der Waals surface area contributed by atoms with Gasteiger partial charge in [0.2, 0.25) is 0 Å². The van der Waals surface area contributed by atoms with Crippen LogP contribution in [0, 0.1) is 6.92 Å². The van der Waals surface area contributed by atoms with E-state index in [1.54, 1.807) is 17.1 Å². The third-order valence-electron chi connectivity index (χ3n) is 4.88. The van der Waals surface area contributed by atoms with E-state index in [0.29, 0.717) is 23.4 Å². The van der Waals surface area contributed by atoms with E-state index in [-0.39, 0.29) is 11.3 Å². The van der Waals surface area contributed by atoms with Gasteiger partial charge in [0, 0.05) is 6.20 Å². The molecule has 0 saturated heterocycles. The molecule has 0 amide bonds. The Morgan fingerprint density at radius 3 is 2.75 bits per heavy atom. The second-order valence-electron chi connectivity index (χ2n) is 6.42. The van der Waals surface area contributed by atoms with Gasteiger partial charge >= 0.3 is 5.97 Å². The third-order valence-corrected chi connectivity index (χ3v) is 5.07. The number of aliphatic hydroxyl groups excluding tert-OH is 1. The molecule has 6 heteroatoms. The van der Waals surface area contributed by atoms with Crippen LogP contribution in [-0.2, 0) is 9.53 Å². The number of aromatic nitrogens is 2. The Balaban J connectivity index is 1.84. The van der Waals surface area contributed by atoms with Crippen LogP contribution >= 0.6 is 11.6 Å². The van der Waals surface area contributed by atoms with Crippen molar-refractivity contribution in [1.82, 2.24) is 9.78 Å². The molecule has 1 fully saturated rings. The van der Waals surface area contributed by atoms with Gasteiger partial charge in [-0.1, -0.05) is 17.7 Å². The first kappa shape index (κ1) is 15.3. The standard InChI is InChI=1S/C18H17ClN2O3/c1-11-4-5-13(21-10-12(19)9-20-21)8-14(11)15-16(22)18(24-17(15)23)6-2-3-7-18/h4-5,8-10,22H,2-3,6-7H2,1H3. The van der Waals surface area contributed by atoms with Crippen LogP contribution in [0.15, 0.2) is 36.4 Å². The summed E-state index contributed by atoms with van der Waals surface area (Å²) in [5.41, 5.74) is 1.79. The molecular formula is C18H17ClN2O3. The average Bonchev–Trinajstić information content (AvgIpc) is 3.24. The van der Waals surface area contributed by atoms with E-state index in [1.807, 2.05) is 25.1 Å². The van der Waals surface area contributed by atoms with Crippen LogP contribution < -0.4 is 0 Å². The second kappa shape index (κ2) is 5.38. The predicted octanol–water partition coefficient (Wildman–Crippen LogP) is 3.97. The summed E-state index contributed by atoms with van der Waals surface area (Å²) in [5.74, 6) is -0.378. The van der Waals surface area contributed by atoms with Crippen LogP contribution in [0.1, 0.15) is 36.8 Å². The van der Waals surface area contributed by atoms with Crippen molar-refractivity contribution in [3.8, 4) is 5.69 Å². The maximum absolute atomic E-state index is 12.5. The molecule has 2 aliphatic rings. The third kappa shape index (κ3) is 2.23. The molecule has 24 heavy (non-hydrogen) atoms. The number of ether oxygens (including phenoxy) is 1. The number of carbonyl (C=O) groups is 1. The molecule has 5 nitrogen and oxygen atoms in total. The lowest BCUT2D eigenvalue weighted by Gasteiger charge is -2.21. The topological polar surface area (TPSA) is 64.3 Å². The summed E-state index contributed by atoms with van der Waals surface area (Å²) in [6.07, 6.45) is 6.51. The minimum atomic E-state index is -0.816. The molecule has 1 N–H and O–H groups in total. The van der Waals surface area contributed by atoms with Crippen molar-refractivity contribution < 1.29 is 14.6 Å². The van der Waals surface area contributed by atoms with Gasteiger partial charge in [0.1, 0.15) is 5.57 Å². The molecule has 0 unspecified atom stereocenters. The minimum Gasteiger partial charge on any atom is -0.507 e. The number of nitrogens with zero attached hydrogens (tertiary/aromatic N) is 2. The van der Waals surface area contributed by atoms with E-state index < -0.39 is 11.6 Å². The van der Waals surface area contributed by atoms with E-state index in [2.05, 4.69) is 5.10 Å². The van der Waals surface area contributed by atoms with Gasteiger partial charge in [-0.3, -0.25) is 0 Å². The van der Waals surface area contributed by atoms with E-state index in [1.165, 1.54) is 0 Å². The number of hydrogen-bond donors (Lipinski definition) is 1. The van der Waals surface area contributed by atoms with Gasteiger partial charge in [-0.05, 0) is 55.9 Å². The van der Waals surface area contributed by atoms with E-state index in [9.17, 15) is 9.90 Å². The first-order chi connectivity index (χ1) is 11.5. The molecule has 1 aromatic carbocycles. The van der Waals surface area contributed by atoms with Crippen LogP contribution in [-0.4, -0.2) is 26.5 Å². The zero-order valence-electron chi connectivity index (χ0n) is 13.3. The quantitative estimate of drug-likeness (QED) is 0.837. The summed E-state index contributed by atoms with van der Waals surface area (Å²) < 4.78 is 7.22. The summed E-state index contributed by atoms with van der Waals surface area (Å²) in [4.78, 5) is 12.5. The minimum absolute atomic E-state index is 0.0729. The average molecular weight is 345 g/mol. The molecule has 124 valence electrons. The van der Waals surface area contributed by atoms with Crippen molar-refractivity contribution in [2.45, 2.75) is 38.2 Å². The predicted molar refractivity (Wildman–Crippen MR) is 90.2 cm³/mol. The highest BCUT2D eigenvalue weighted by Gasteiger charge is 2.50. The lowest BCUT2D eigenvalue weighted by Crippen LogP contribution is -2.27. The Morgan fingerprint density at radius 2 is 2.08 bits per heavy atom. The number of benzene rings is 1. The SMILES string of the molecule is Cc1ccc(-n2cc(Cl)cn2)cc1C1=C(O)C2(CCCC2)OC1=O. The van der Waals surface area contributed by atoms with Gasteiger partial charge in [0.15, 0.2) is 11.4 Å². The molecule has 1 aromatic heterocycles. The number of aryl methyl sites for hydroxylation is 1. The fourth-order valence-corrected chi connectivity index (χ4v) is 3.72. The summed E-state index contributed by atoms with van der Waals surface area (Å²) >= 11 is 5.93. The lowest BCUT2D eigenvalue weighted by molar-refractivity contribution is -0.146. The molecule has 2 heterocycles. The molecule has 0 atom stereocenters. The number of aliphatic hydroxyl groups is 1. The van der Waals surface area contributed by atoms with Crippen LogP contribution in [0.25, 0.3) is 11.3 Å². The summed E-state index contributed by atoms with van der Waals surface area (Å²) in [5, 5.41) is 15.5. The number of rotatable bonds is 2. The monoisotopic (exact) mass is 344 g/mol. The summed E-state index contributed by atoms with van der Waals surface area (Å²) in [7, 11) is 0. The molecule has 1 aliphatic carbocycles. The van der Waals surface area contributed by atoms with Gasteiger partial charge in [0.25, 0.3) is 0 Å². The maximum atomic E-state index is 12.5. The van der Waals surface area contributed by atoms with Gasteiger partial charge in [0.05, 0.1) is 16.9 Å². The van der Waals surface area contributed by atoms with Crippen molar-refractivity contribution in [3.63, 3.8) is 0 Å². The fourth-order valence-electron chi connectivity index (χ4n) is 3.59. The molecule has 0 bridgehead atoms. The Hall–Kier alpha value is -2.27. The molecule has 4 rings (SSSR count). The first-order valence-electron chi connectivity index (χ1n) is 7.99. The van der Waals surface area contributed by atoms with E-state index >= 15 is 0 Å². The van der Waals surface area contributed by atoms with Crippen LogP contribution in [0.5, 0.6) is 0 Å². The number of halogens is 1. The number of carbonyl (C=O) groups excluding carboxylic acids is 1. The Morgan fingerprint density at radius 1 is 1.33 bits per heavy atom. The van der Waals surface area contributed by atoms with Crippen molar-refractivity contribution in [1.29, 1.82) is 0 Å². The number of hydrogen-bond acceptors (Lipinski definition) is 4. The summed E-state index contributed by atoms with van der Waals surface area (Å²) in [6, 6.07) is 5.62. The fraction of sp³-hybridized carbons (Fsp3) is 0.333. The van der Waals surface area contributed by atoms with Gasteiger partial charge in [-0.25, -0.2) is 9.48 Å². The van der Waals surface area contributed by atoms with Crippen molar-refractivity contribution in [3.05, 3.63) is 52.5 Å². The summed E-state index contributed by atoms with van der Waals surface area (Å²) in [6.45, 7) is 1.91. The largest absolute Gasteiger partial charge is 0.507 e. The van der Waals surface area contributed by atoms with E-state index in [0.717, 1.165) is 24.1 Å². The lowest BCUT2D eigenvalue weighted by atomic mass is 9.93. The highest BCUT2D eigenvalue weighted by Crippen LogP contribution is 2.47. The van der Waals surface area contributed by atoms with Gasteiger partial charge in [-0.15, -0.1) is 0 Å². The van der Waals surface area contributed by atoms with Gasteiger partial charge in [-0.2, -0.15) is 5.10 Å². The van der Waals surface area contributed by atoms with Crippen LogP contribution in [0.3, 0.4) is 0 Å². The normalized spacial score (nSPS) is 19.3. The van der Waals surface area contributed by atoms with E-state index in [4.69, 9.17) is 16.3 Å². The smallest absolute Gasteiger partial charge is 0.343 e. The highest BCUT2D eigenvalue weighted by atomic mass is 35.5. The number of esters is 1. The second-order valence-corrected chi connectivity index (χ2v) is 6.85. The zero-order valence-corrected chi connectivity index (χ0v) is 14.0. The van der Waals surface area contributed by atoms with Crippen molar-refractivity contribution in [2.75, 3.05) is 0 Å². The maximum Gasteiger partial charge on any atom is 0.343 e. The van der Waals surface area contributed by atoms with Crippen LogP contribution in [0.2, 0.25) is 5.02 Å². The molecule has 1 aliphatic heterocycles. The van der Waals surface area contributed by atoms with Crippen LogP contribution in [0.4, 0.5) is 0 Å². The zero-order chi connectivity index (χ0) is 16.9. The highest BCUT2D eigenvalue weighted by molar-refractivity contribution is 6.30. The molecule has 1 saturated carbocycles. The molecule has 1 spiro atoms.